The molecule has 0 saturated heterocycles. The second-order valence-corrected chi connectivity index (χ2v) is 5.16. The van der Waals surface area contributed by atoms with Gasteiger partial charge in [0.15, 0.2) is 11.6 Å². The molecule has 2 rings (SSSR count). The minimum absolute atomic E-state index is 0.238. The molecule has 1 fully saturated rings. The van der Waals surface area contributed by atoms with Crippen LogP contribution in [0.15, 0.2) is 12.1 Å². The van der Waals surface area contributed by atoms with Crippen molar-refractivity contribution in [2.45, 2.75) is 26.2 Å². The Labute approximate surface area is 119 Å². The molecule has 0 aliphatic heterocycles. The molecule has 0 amide bonds. The van der Waals surface area contributed by atoms with E-state index < -0.39 is 5.82 Å². The van der Waals surface area contributed by atoms with E-state index in [1.807, 2.05) is 6.92 Å². The van der Waals surface area contributed by atoms with E-state index in [4.69, 9.17) is 15.2 Å². The van der Waals surface area contributed by atoms with E-state index in [-0.39, 0.29) is 5.75 Å². The lowest BCUT2D eigenvalue weighted by Gasteiger charge is -2.13. The summed E-state index contributed by atoms with van der Waals surface area (Å²) < 4.78 is 24.5. The summed E-state index contributed by atoms with van der Waals surface area (Å²) in [6.45, 7) is 4.58. The largest absolute Gasteiger partial charge is 0.490 e. The average molecular weight is 282 g/mol. The van der Waals surface area contributed by atoms with Crippen molar-refractivity contribution in [1.29, 1.82) is 0 Å². The van der Waals surface area contributed by atoms with E-state index in [1.54, 1.807) is 6.07 Å². The van der Waals surface area contributed by atoms with Gasteiger partial charge in [-0.2, -0.15) is 0 Å². The zero-order chi connectivity index (χ0) is 14.4. The number of rotatable bonds is 9. The van der Waals surface area contributed by atoms with Crippen molar-refractivity contribution in [3.05, 3.63) is 17.9 Å². The van der Waals surface area contributed by atoms with Crippen molar-refractivity contribution in [3.63, 3.8) is 0 Å². The van der Waals surface area contributed by atoms with Gasteiger partial charge < -0.3 is 20.5 Å². The van der Waals surface area contributed by atoms with Crippen LogP contribution in [0.3, 0.4) is 0 Å². The Hall–Kier alpha value is -1.49. The highest BCUT2D eigenvalue weighted by atomic mass is 19.1. The first-order valence-electron chi connectivity index (χ1n) is 7.24. The molecular formula is C15H23FN2O2. The first-order valence-corrected chi connectivity index (χ1v) is 7.24. The molecule has 0 atom stereocenters. The number of anilines is 2. The third-order valence-corrected chi connectivity index (χ3v) is 3.18. The number of nitrogen functional groups attached to an aromatic ring is 1. The lowest BCUT2D eigenvalue weighted by atomic mass is 10.2. The third kappa shape index (κ3) is 4.56. The number of hydrogen-bond acceptors (Lipinski definition) is 4. The molecule has 1 saturated carbocycles. The fourth-order valence-corrected chi connectivity index (χ4v) is 1.84. The lowest BCUT2D eigenvalue weighted by Crippen LogP contribution is -2.12. The van der Waals surface area contributed by atoms with Crippen LogP contribution in [0.5, 0.6) is 5.75 Å². The Morgan fingerprint density at radius 3 is 2.85 bits per heavy atom. The van der Waals surface area contributed by atoms with Crippen LogP contribution in [0.25, 0.3) is 0 Å². The van der Waals surface area contributed by atoms with Gasteiger partial charge in [-0.3, -0.25) is 0 Å². The van der Waals surface area contributed by atoms with Crippen molar-refractivity contribution >= 4 is 11.4 Å². The van der Waals surface area contributed by atoms with Crippen molar-refractivity contribution in [2.24, 2.45) is 5.92 Å². The van der Waals surface area contributed by atoms with Crippen molar-refractivity contribution in [2.75, 3.05) is 37.4 Å². The van der Waals surface area contributed by atoms with Crippen LogP contribution in [-0.2, 0) is 4.74 Å². The zero-order valence-electron chi connectivity index (χ0n) is 12.0. The van der Waals surface area contributed by atoms with E-state index >= 15 is 0 Å². The van der Waals surface area contributed by atoms with Crippen LogP contribution >= 0.6 is 0 Å². The maximum absolute atomic E-state index is 13.6. The average Bonchev–Trinajstić information content (AvgIpc) is 3.23. The molecule has 112 valence electrons. The van der Waals surface area contributed by atoms with Crippen molar-refractivity contribution in [3.8, 4) is 5.75 Å². The lowest BCUT2D eigenvalue weighted by molar-refractivity contribution is 0.134. The van der Waals surface area contributed by atoms with Gasteiger partial charge in [0.25, 0.3) is 0 Å². The number of ether oxygens (including phenoxy) is 2. The van der Waals surface area contributed by atoms with Gasteiger partial charge in [0.05, 0.1) is 24.6 Å². The van der Waals surface area contributed by atoms with Gasteiger partial charge in [0.1, 0.15) is 0 Å². The Balaban J connectivity index is 1.81. The van der Waals surface area contributed by atoms with Gasteiger partial charge in [-0.1, -0.05) is 6.92 Å². The second kappa shape index (κ2) is 7.33. The van der Waals surface area contributed by atoms with E-state index in [0.29, 0.717) is 31.1 Å². The fraction of sp³-hybridized carbons (Fsp3) is 0.600. The first-order chi connectivity index (χ1) is 9.70. The highest BCUT2D eigenvalue weighted by Gasteiger charge is 2.20. The van der Waals surface area contributed by atoms with Gasteiger partial charge in [0.2, 0.25) is 0 Å². The minimum Gasteiger partial charge on any atom is -0.490 e. The SMILES string of the molecule is CCCOc1cc(NCCOCC2CC2)c(N)cc1F. The number of benzene rings is 1. The fourth-order valence-electron chi connectivity index (χ4n) is 1.84. The Kier molecular flexibility index (Phi) is 5.47. The van der Waals surface area contributed by atoms with Crippen molar-refractivity contribution < 1.29 is 13.9 Å². The Morgan fingerprint density at radius 2 is 2.15 bits per heavy atom. The van der Waals surface area contributed by atoms with Crippen LogP contribution in [0.1, 0.15) is 26.2 Å². The van der Waals surface area contributed by atoms with Crippen LogP contribution in [0.4, 0.5) is 15.8 Å². The van der Waals surface area contributed by atoms with Crippen LogP contribution in [0, 0.1) is 11.7 Å². The Morgan fingerprint density at radius 1 is 1.35 bits per heavy atom. The molecule has 0 heterocycles. The molecule has 4 nitrogen and oxygen atoms in total. The first kappa shape index (κ1) is 14.9. The highest BCUT2D eigenvalue weighted by Crippen LogP contribution is 2.29. The van der Waals surface area contributed by atoms with E-state index in [0.717, 1.165) is 18.9 Å². The summed E-state index contributed by atoms with van der Waals surface area (Å²) in [5, 5.41) is 3.15. The maximum atomic E-state index is 13.6. The van der Waals surface area contributed by atoms with Gasteiger partial charge in [-0.15, -0.1) is 0 Å². The Bertz CT molecular complexity index is 436. The summed E-state index contributed by atoms with van der Waals surface area (Å²) >= 11 is 0. The summed E-state index contributed by atoms with van der Waals surface area (Å²) in [5.41, 5.74) is 6.86. The summed E-state index contributed by atoms with van der Waals surface area (Å²) in [6.07, 6.45) is 3.41. The molecule has 1 aromatic rings. The van der Waals surface area contributed by atoms with E-state index in [9.17, 15) is 4.39 Å². The number of nitrogens with two attached hydrogens (primary N) is 1. The molecule has 0 radical (unpaired) electrons. The van der Waals surface area contributed by atoms with Crippen LogP contribution < -0.4 is 15.8 Å². The number of nitrogens with one attached hydrogen (secondary N) is 1. The maximum Gasteiger partial charge on any atom is 0.167 e. The second-order valence-electron chi connectivity index (χ2n) is 5.16. The molecule has 5 heteroatoms. The molecule has 1 aliphatic carbocycles. The minimum atomic E-state index is -0.425. The third-order valence-electron chi connectivity index (χ3n) is 3.18. The summed E-state index contributed by atoms with van der Waals surface area (Å²) in [6, 6.07) is 2.90. The van der Waals surface area contributed by atoms with Gasteiger partial charge >= 0.3 is 0 Å². The summed E-state index contributed by atoms with van der Waals surface area (Å²) in [4.78, 5) is 0. The monoisotopic (exact) mass is 282 g/mol. The van der Waals surface area contributed by atoms with Crippen molar-refractivity contribution in [1.82, 2.24) is 0 Å². The smallest absolute Gasteiger partial charge is 0.167 e. The number of hydrogen-bond donors (Lipinski definition) is 2. The predicted molar refractivity (Wildman–Crippen MR) is 78.6 cm³/mol. The quantitative estimate of drug-likeness (QED) is 0.540. The molecule has 0 aromatic heterocycles. The summed E-state index contributed by atoms with van der Waals surface area (Å²) in [5.74, 6) is 0.578. The molecule has 1 aromatic carbocycles. The van der Waals surface area contributed by atoms with Gasteiger partial charge in [0, 0.05) is 25.3 Å². The number of halogens is 1. The normalized spacial score (nSPS) is 14.3. The van der Waals surface area contributed by atoms with E-state index in [2.05, 4.69) is 5.32 Å². The molecule has 0 unspecified atom stereocenters. The van der Waals surface area contributed by atoms with Crippen LogP contribution in [-0.4, -0.2) is 26.4 Å². The standard InChI is InChI=1S/C15H23FN2O2/c1-2-6-20-15-9-14(13(17)8-12(15)16)18-5-7-19-10-11-3-4-11/h8-9,11,18H,2-7,10,17H2,1H3. The topological polar surface area (TPSA) is 56.5 Å². The molecule has 20 heavy (non-hydrogen) atoms. The molecule has 0 bridgehead atoms. The van der Waals surface area contributed by atoms with E-state index in [1.165, 1.54) is 18.9 Å². The van der Waals surface area contributed by atoms with Gasteiger partial charge in [-0.25, -0.2) is 4.39 Å². The molecule has 1 aliphatic rings. The molecule has 3 N–H and O–H groups in total. The highest BCUT2D eigenvalue weighted by molar-refractivity contribution is 5.68. The van der Waals surface area contributed by atoms with Crippen LogP contribution in [0.2, 0.25) is 0 Å². The predicted octanol–water partition coefficient (Wildman–Crippen LogP) is 3.04. The summed E-state index contributed by atoms with van der Waals surface area (Å²) in [7, 11) is 0. The van der Waals surface area contributed by atoms with Gasteiger partial charge in [-0.05, 0) is 25.2 Å². The zero-order valence-corrected chi connectivity index (χ0v) is 12.0. The molecular weight excluding hydrogens is 259 g/mol. The molecule has 0 spiro atoms.